The SMILES string of the molecule is O=C(CCc1ccccc1)NCc1nnc(-c2cccs2)o1. The number of rotatable bonds is 6. The number of hydrogen-bond acceptors (Lipinski definition) is 5. The van der Waals surface area contributed by atoms with Crippen LogP contribution in [0.5, 0.6) is 0 Å². The fourth-order valence-electron chi connectivity index (χ4n) is 1.99. The molecular formula is C16H15N3O2S. The summed E-state index contributed by atoms with van der Waals surface area (Å²) in [5.74, 6) is 0.875. The van der Waals surface area contributed by atoms with E-state index in [1.807, 2.05) is 47.8 Å². The molecule has 3 rings (SSSR count). The van der Waals surface area contributed by atoms with Gasteiger partial charge in [0, 0.05) is 6.42 Å². The fourth-order valence-corrected chi connectivity index (χ4v) is 2.63. The molecule has 2 heterocycles. The number of carbonyl (C=O) groups excluding carboxylic acids is 1. The molecule has 112 valence electrons. The zero-order valence-electron chi connectivity index (χ0n) is 11.9. The minimum absolute atomic E-state index is 0.0280. The van der Waals surface area contributed by atoms with Crippen LogP contribution in [0.25, 0.3) is 10.8 Å². The molecule has 0 bridgehead atoms. The molecule has 6 heteroatoms. The molecule has 2 aromatic heterocycles. The zero-order chi connectivity index (χ0) is 15.2. The first-order valence-corrected chi connectivity index (χ1v) is 7.86. The van der Waals surface area contributed by atoms with Crippen LogP contribution in [0.4, 0.5) is 0 Å². The topological polar surface area (TPSA) is 68.0 Å². The van der Waals surface area contributed by atoms with Gasteiger partial charge in [0.1, 0.15) is 0 Å². The number of nitrogens with zero attached hydrogens (tertiary/aromatic N) is 2. The normalized spacial score (nSPS) is 10.5. The Bertz CT molecular complexity index is 723. The summed E-state index contributed by atoms with van der Waals surface area (Å²) >= 11 is 1.54. The monoisotopic (exact) mass is 313 g/mol. The van der Waals surface area contributed by atoms with Crippen LogP contribution in [0.2, 0.25) is 0 Å². The fraction of sp³-hybridized carbons (Fsp3) is 0.188. The van der Waals surface area contributed by atoms with Crippen LogP contribution < -0.4 is 5.32 Å². The highest BCUT2D eigenvalue weighted by molar-refractivity contribution is 7.13. The molecule has 5 nitrogen and oxygen atoms in total. The molecule has 3 aromatic rings. The molecule has 0 saturated heterocycles. The van der Waals surface area contributed by atoms with Gasteiger partial charge in [0.2, 0.25) is 11.8 Å². The Balaban J connectivity index is 1.47. The quantitative estimate of drug-likeness (QED) is 0.759. The summed E-state index contributed by atoms with van der Waals surface area (Å²) in [5, 5.41) is 12.7. The number of aryl methyl sites for hydroxylation is 1. The van der Waals surface area contributed by atoms with Gasteiger partial charge < -0.3 is 9.73 Å². The van der Waals surface area contributed by atoms with Crippen LogP contribution in [-0.2, 0) is 17.8 Å². The van der Waals surface area contributed by atoms with Crippen molar-refractivity contribution in [2.45, 2.75) is 19.4 Å². The second-order valence-corrected chi connectivity index (χ2v) is 5.69. The summed E-state index contributed by atoms with van der Waals surface area (Å²) in [6.45, 7) is 0.256. The first-order valence-electron chi connectivity index (χ1n) is 6.98. The van der Waals surface area contributed by atoms with Gasteiger partial charge in [-0.3, -0.25) is 4.79 Å². The zero-order valence-corrected chi connectivity index (χ0v) is 12.7. The highest BCUT2D eigenvalue weighted by Gasteiger charge is 2.10. The molecule has 0 unspecified atom stereocenters. The third-order valence-electron chi connectivity index (χ3n) is 3.12. The molecule has 0 atom stereocenters. The van der Waals surface area contributed by atoms with E-state index in [4.69, 9.17) is 4.42 Å². The van der Waals surface area contributed by atoms with E-state index >= 15 is 0 Å². The molecule has 0 saturated carbocycles. The average molecular weight is 313 g/mol. The van der Waals surface area contributed by atoms with Crippen LogP contribution in [0.1, 0.15) is 17.9 Å². The van der Waals surface area contributed by atoms with Crippen LogP contribution in [0.3, 0.4) is 0 Å². The molecule has 22 heavy (non-hydrogen) atoms. The molecule has 0 spiro atoms. The third-order valence-corrected chi connectivity index (χ3v) is 3.98. The molecule has 1 N–H and O–H groups in total. The Labute approximate surface area is 132 Å². The summed E-state index contributed by atoms with van der Waals surface area (Å²) in [5.41, 5.74) is 1.15. The van der Waals surface area contributed by atoms with Crippen molar-refractivity contribution in [2.24, 2.45) is 0 Å². The van der Waals surface area contributed by atoms with Crippen molar-refractivity contribution in [3.8, 4) is 10.8 Å². The number of hydrogen-bond donors (Lipinski definition) is 1. The van der Waals surface area contributed by atoms with Gasteiger partial charge >= 0.3 is 0 Å². The Morgan fingerprint density at radius 1 is 1.14 bits per heavy atom. The summed E-state index contributed by atoms with van der Waals surface area (Å²) in [6.07, 6.45) is 1.16. The van der Waals surface area contributed by atoms with Gasteiger partial charge in [0.05, 0.1) is 11.4 Å². The largest absolute Gasteiger partial charge is 0.418 e. The number of nitrogens with one attached hydrogen (secondary N) is 1. The number of thiophene rings is 1. The minimum Gasteiger partial charge on any atom is -0.418 e. The highest BCUT2D eigenvalue weighted by Crippen LogP contribution is 2.22. The van der Waals surface area contributed by atoms with Gasteiger partial charge in [-0.2, -0.15) is 0 Å². The van der Waals surface area contributed by atoms with E-state index in [-0.39, 0.29) is 12.5 Å². The van der Waals surface area contributed by atoms with Crippen LogP contribution >= 0.6 is 11.3 Å². The average Bonchev–Trinajstić information content (AvgIpc) is 3.22. The van der Waals surface area contributed by atoms with Gasteiger partial charge in [-0.1, -0.05) is 36.4 Å². The first-order chi connectivity index (χ1) is 10.8. The van der Waals surface area contributed by atoms with Gasteiger partial charge in [-0.05, 0) is 23.4 Å². The summed E-state index contributed by atoms with van der Waals surface area (Å²) in [6, 6.07) is 13.8. The van der Waals surface area contributed by atoms with Gasteiger partial charge in [-0.25, -0.2) is 0 Å². The van der Waals surface area contributed by atoms with E-state index in [1.165, 1.54) is 11.3 Å². The second kappa shape index (κ2) is 7.00. The lowest BCUT2D eigenvalue weighted by atomic mass is 10.1. The molecular weight excluding hydrogens is 298 g/mol. The number of amides is 1. The molecule has 1 aromatic carbocycles. The molecule has 0 fully saturated rings. The van der Waals surface area contributed by atoms with Gasteiger partial charge in [0.25, 0.3) is 5.89 Å². The molecule has 0 aliphatic heterocycles. The summed E-state index contributed by atoms with van der Waals surface area (Å²) in [4.78, 5) is 12.8. The van der Waals surface area contributed by atoms with Crippen molar-refractivity contribution in [3.05, 3.63) is 59.3 Å². The molecule has 0 radical (unpaired) electrons. The van der Waals surface area contributed by atoms with E-state index in [1.54, 1.807) is 0 Å². The summed E-state index contributed by atoms with van der Waals surface area (Å²) < 4.78 is 5.51. The lowest BCUT2D eigenvalue weighted by molar-refractivity contribution is -0.121. The van der Waals surface area contributed by atoms with Crippen LogP contribution in [-0.4, -0.2) is 16.1 Å². The maximum atomic E-state index is 11.8. The number of benzene rings is 1. The summed E-state index contributed by atoms with van der Waals surface area (Å²) in [7, 11) is 0. The predicted molar refractivity (Wildman–Crippen MR) is 84.2 cm³/mol. The van der Waals surface area contributed by atoms with E-state index in [0.29, 0.717) is 18.2 Å². The van der Waals surface area contributed by atoms with E-state index in [9.17, 15) is 4.79 Å². The maximum Gasteiger partial charge on any atom is 0.257 e. The Kier molecular flexibility index (Phi) is 4.60. The number of aromatic nitrogens is 2. The lowest BCUT2D eigenvalue weighted by Crippen LogP contribution is -2.23. The smallest absolute Gasteiger partial charge is 0.257 e. The Hall–Kier alpha value is -2.47. The van der Waals surface area contributed by atoms with E-state index in [2.05, 4.69) is 15.5 Å². The van der Waals surface area contributed by atoms with E-state index in [0.717, 1.165) is 16.9 Å². The third kappa shape index (κ3) is 3.79. The Morgan fingerprint density at radius 2 is 2.00 bits per heavy atom. The maximum absolute atomic E-state index is 11.8. The number of carbonyl (C=O) groups is 1. The highest BCUT2D eigenvalue weighted by atomic mass is 32.1. The minimum atomic E-state index is -0.0280. The standard InChI is InChI=1S/C16H15N3O2S/c20-14(9-8-12-5-2-1-3-6-12)17-11-15-18-19-16(21-15)13-7-4-10-22-13/h1-7,10H,8-9,11H2,(H,17,20). The second-order valence-electron chi connectivity index (χ2n) is 4.74. The van der Waals surface area contributed by atoms with Crippen molar-refractivity contribution in [3.63, 3.8) is 0 Å². The van der Waals surface area contributed by atoms with E-state index < -0.39 is 0 Å². The Morgan fingerprint density at radius 3 is 2.77 bits per heavy atom. The van der Waals surface area contributed by atoms with Crippen molar-refractivity contribution in [1.29, 1.82) is 0 Å². The van der Waals surface area contributed by atoms with Crippen molar-refractivity contribution in [2.75, 3.05) is 0 Å². The molecule has 0 aliphatic carbocycles. The van der Waals surface area contributed by atoms with Crippen molar-refractivity contribution >= 4 is 17.2 Å². The van der Waals surface area contributed by atoms with Crippen LogP contribution in [0, 0.1) is 0 Å². The van der Waals surface area contributed by atoms with Gasteiger partial charge in [-0.15, -0.1) is 21.5 Å². The predicted octanol–water partition coefficient (Wildman–Crippen LogP) is 3.05. The van der Waals surface area contributed by atoms with Crippen LogP contribution in [0.15, 0.2) is 52.3 Å². The lowest BCUT2D eigenvalue weighted by Gasteiger charge is -2.02. The van der Waals surface area contributed by atoms with Gasteiger partial charge in [0.15, 0.2) is 0 Å². The molecule has 0 aliphatic rings. The van der Waals surface area contributed by atoms with Crippen molar-refractivity contribution < 1.29 is 9.21 Å². The first kappa shape index (κ1) is 14.5. The molecule has 1 amide bonds. The van der Waals surface area contributed by atoms with Crippen molar-refractivity contribution in [1.82, 2.24) is 15.5 Å².